The fraction of sp³-hybridized carbons (Fsp3) is 0.0435. The molecule has 7 heteroatoms. The van der Waals surface area contributed by atoms with Gasteiger partial charge in [-0.05, 0) is 59.7 Å². The number of halogens is 3. The molecular weight excluding hydrogens is 443 g/mol. The Bertz CT molecular complexity index is 1140. The maximum atomic E-state index is 12.4. The van der Waals surface area contributed by atoms with E-state index in [2.05, 4.69) is 5.32 Å². The van der Waals surface area contributed by atoms with Crippen LogP contribution in [0.1, 0.15) is 11.1 Å². The number of benzene rings is 3. The van der Waals surface area contributed by atoms with Crippen molar-refractivity contribution in [1.82, 2.24) is 0 Å². The summed E-state index contributed by atoms with van der Waals surface area (Å²) in [6, 6.07) is 20.9. The van der Waals surface area contributed by atoms with E-state index in [9.17, 15) is 10.1 Å². The van der Waals surface area contributed by atoms with Crippen LogP contribution >= 0.6 is 34.8 Å². The molecule has 3 rings (SSSR count). The molecule has 0 aliphatic heterocycles. The topological polar surface area (TPSA) is 62.1 Å². The van der Waals surface area contributed by atoms with Crippen molar-refractivity contribution < 1.29 is 9.53 Å². The van der Waals surface area contributed by atoms with Crippen molar-refractivity contribution in [3.05, 3.63) is 98.5 Å². The molecule has 0 bridgehead atoms. The van der Waals surface area contributed by atoms with Crippen LogP contribution in [0.15, 0.2) is 72.3 Å². The van der Waals surface area contributed by atoms with Crippen LogP contribution in [0, 0.1) is 11.3 Å². The van der Waals surface area contributed by atoms with Crippen molar-refractivity contribution in [2.24, 2.45) is 0 Å². The van der Waals surface area contributed by atoms with Crippen LogP contribution in [0.2, 0.25) is 15.1 Å². The zero-order valence-corrected chi connectivity index (χ0v) is 17.8. The molecule has 3 aromatic rings. The van der Waals surface area contributed by atoms with Crippen LogP contribution in [-0.2, 0) is 11.4 Å². The van der Waals surface area contributed by atoms with Gasteiger partial charge in [0.15, 0.2) is 0 Å². The molecule has 0 unspecified atom stereocenters. The first kappa shape index (κ1) is 21.7. The minimum atomic E-state index is -0.543. The van der Waals surface area contributed by atoms with Crippen molar-refractivity contribution in [2.75, 3.05) is 5.32 Å². The Hall–Kier alpha value is -2.97. The number of nitriles is 1. The van der Waals surface area contributed by atoms with Crippen LogP contribution in [-0.4, -0.2) is 5.91 Å². The summed E-state index contributed by atoms with van der Waals surface area (Å²) in [5.74, 6) is -0.0513. The lowest BCUT2D eigenvalue weighted by Gasteiger charge is -2.09. The molecule has 3 aromatic carbocycles. The second kappa shape index (κ2) is 10.2. The van der Waals surface area contributed by atoms with Crippen LogP contribution in [0.25, 0.3) is 6.08 Å². The number of amides is 1. The number of rotatable bonds is 6. The number of nitrogens with one attached hydrogen (secondary N) is 1. The van der Waals surface area contributed by atoms with Crippen molar-refractivity contribution in [3.63, 3.8) is 0 Å². The van der Waals surface area contributed by atoms with Crippen LogP contribution in [0.4, 0.5) is 5.69 Å². The van der Waals surface area contributed by atoms with E-state index in [4.69, 9.17) is 39.5 Å². The summed E-state index contributed by atoms with van der Waals surface area (Å²) in [5.41, 5.74) is 1.97. The Labute approximate surface area is 189 Å². The molecule has 30 heavy (non-hydrogen) atoms. The van der Waals surface area contributed by atoms with E-state index in [1.165, 1.54) is 6.08 Å². The number of ether oxygens (including phenoxy) is 1. The van der Waals surface area contributed by atoms with Gasteiger partial charge in [0.1, 0.15) is 24.0 Å². The average molecular weight is 458 g/mol. The molecule has 0 saturated carbocycles. The van der Waals surface area contributed by atoms with E-state index in [0.717, 1.165) is 5.56 Å². The third-order valence-corrected chi connectivity index (χ3v) is 4.80. The highest BCUT2D eigenvalue weighted by atomic mass is 35.5. The Morgan fingerprint density at radius 2 is 1.77 bits per heavy atom. The van der Waals surface area contributed by atoms with E-state index in [-0.39, 0.29) is 5.57 Å². The van der Waals surface area contributed by atoms with Gasteiger partial charge in [0.2, 0.25) is 0 Å². The Balaban J connectivity index is 1.70. The molecule has 1 amide bonds. The van der Waals surface area contributed by atoms with Gasteiger partial charge in [-0.2, -0.15) is 5.26 Å². The smallest absolute Gasteiger partial charge is 0.266 e. The predicted octanol–water partition coefficient (Wildman–Crippen LogP) is 6.77. The number of anilines is 1. The fourth-order valence-electron chi connectivity index (χ4n) is 2.55. The highest BCUT2D eigenvalue weighted by Gasteiger charge is 2.11. The minimum Gasteiger partial charge on any atom is -0.487 e. The molecule has 1 N–H and O–H groups in total. The van der Waals surface area contributed by atoms with Crippen molar-refractivity contribution in [1.29, 1.82) is 5.26 Å². The van der Waals surface area contributed by atoms with E-state index in [0.29, 0.717) is 38.7 Å². The summed E-state index contributed by atoms with van der Waals surface area (Å²) in [5, 5.41) is 13.5. The number of carbonyl (C=O) groups excluding carboxylic acids is 1. The maximum absolute atomic E-state index is 12.4. The molecule has 0 atom stereocenters. The first-order valence-corrected chi connectivity index (χ1v) is 9.93. The first-order chi connectivity index (χ1) is 14.4. The molecule has 0 fully saturated rings. The highest BCUT2D eigenvalue weighted by molar-refractivity contribution is 6.32. The normalized spacial score (nSPS) is 10.9. The predicted molar refractivity (Wildman–Crippen MR) is 121 cm³/mol. The SMILES string of the molecule is N#C/C(=C\c1ccc(OCc2ccc(Cl)cc2)c(Cl)c1)C(=O)Nc1cccc(Cl)c1. The highest BCUT2D eigenvalue weighted by Crippen LogP contribution is 2.27. The Morgan fingerprint density at radius 3 is 2.43 bits per heavy atom. The Morgan fingerprint density at radius 1 is 1.00 bits per heavy atom. The minimum absolute atomic E-state index is 0.0686. The van der Waals surface area contributed by atoms with Gasteiger partial charge in [-0.3, -0.25) is 4.79 Å². The average Bonchev–Trinajstić information content (AvgIpc) is 2.72. The number of hydrogen-bond acceptors (Lipinski definition) is 3. The summed E-state index contributed by atoms with van der Waals surface area (Å²) in [7, 11) is 0. The van der Waals surface area contributed by atoms with Gasteiger partial charge >= 0.3 is 0 Å². The molecule has 0 heterocycles. The van der Waals surface area contributed by atoms with Crippen LogP contribution in [0.5, 0.6) is 5.75 Å². The molecular formula is C23H15Cl3N2O2. The monoisotopic (exact) mass is 456 g/mol. The van der Waals surface area contributed by atoms with Gasteiger partial charge in [-0.25, -0.2) is 0 Å². The summed E-state index contributed by atoms with van der Waals surface area (Å²) < 4.78 is 5.73. The summed E-state index contributed by atoms with van der Waals surface area (Å²) in [4.78, 5) is 12.4. The van der Waals surface area contributed by atoms with Gasteiger partial charge in [0, 0.05) is 15.7 Å². The Kier molecular flexibility index (Phi) is 7.37. The van der Waals surface area contributed by atoms with Gasteiger partial charge in [-0.1, -0.05) is 59.1 Å². The van der Waals surface area contributed by atoms with Gasteiger partial charge in [0.25, 0.3) is 5.91 Å². The van der Waals surface area contributed by atoms with E-state index in [1.807, 2.05) is 18.2 Å². The lowest BCUT2D eigenvalue weighted by molar-refractivity contribution is -0.112. The van der Waals surface area contributed by atoms with Gasteiger partial charge < -0.3 is 10.1 Å². The molecule has 0 aromatic heterocycles. The molecule has 0 saturated heterocycles. The maximum Gasteiger partial charge on any atom is 0.266 e. The second-order valence-electron chi connectivity index (χ2n) is 6.24. The molecule has 150 valence electrons. The van der Waals surface area contributed by atoms with E-state index >= 15 is 0 Å². The van der Waals surface area contributed by atoms with Crippen molar-refractivity contribution in [2.45, 2.75) is 6.61 Å². The zero-order valence-electron chi connectivity index (χ0n) is 15.5. The molecule has 4 nitrogen and oxygen atoms in total. The van der Waals surface area contributed by atoms with Crippen molar-refractivity contribution in [3.8, 4) is 11.8 Å². The lowest BCUT2D eigenvalue weighted by Crippen LogP contribution is -2.13. The molecule has 0 spiro atoms. The lowest BCUT2D eigenvalue weighted by atomic mass is 10.1. The van der Waals surface area contributed by atoms with Crippen LogP contribution in [0.3, 0.4) is 0 Å². The number of nitrogens with zero attached hydrogens (tertiary/aromatic N) is 1. The third-order valence-electron chi connectivity index (χ3n) is 4.02. The molecule has 0 aliphatic carbocycles. The molecule has 0 aliphatic rings. The number of hydrogen-bond donors (Lipinski definition) is 1. The first-order valence-electron chi connectivity index (χ1n) is 8.80. The largest absolute Gasteiger partial charge is 0.487 e. The van der Waals surface area contributed by atoms with Gasteiger partial charge in [-0.15, -0.1) is 0 Å². The standard InChI is InChI=1S/C23H15Cl3N2O2/c24-18-7-4-15(5-8-18)14-30-22-9-6-16(11-21(22)26)10-17(13-27)23(29)28-20-3-1-2-19(25)12-20/h1-12H,14H2,(H,28,29)/b17-10+. The quantitative estimate of drug-likeness (QED) is 0.328. The fourth-order valence-corrected chi connectivity index (χ4v) is 3.11. The third kappa shape index (κ3) is 6.01. The summed E-state index contributed by atoms with van der Waals surface area (Å²) in [6.07, 6.45) is 1.45. The van der Waals surface area contributed by atoms with E-state index in [1.54, 1.807) is 54.6 Å². The summed E-state index contributed by atoms with van der Waals surface area (Å²) >= 11 is 18.1. The second-order valence-corrected chi connectivity index (χ2v) is 7.52. The summed E-state index contributed by atoms with van der Waals surface area (Å²) in [6.45, 7) is 0.331. The van der Waals surface area contributed by atoms with E-state index < -0.39 is 5.91 Å². The zero-order chi connectivity index (χ0) is 21.5. The number of carbonyl (C=O) groups is 1. The van der Waals surface area contributed by atoms with Gasteiger partial charge in [0.05, 0.1) is 5.02 Å². The van der Waals surface area contributed by atoms with Crippen molar-refractivity contribution >= 4 is 52.5 Å². The van der Waals surface area contributed by atoms with Crippen LogP contribution < -0.4 is 10.1 Å². The molecule has 0 radical (unpaired) electrons.